The Kier molecular flexibility index (Phi) is 4.54. The molecule has 1 saturated heterocycles. The van der Waals surface area contributed by atoms with Crippen molar-refractivity contribution in [3.63, 3.8) is 0 Å². The molecule has 2 N–H and O–H groups in total. The molecule has 108 valence electrons. The third-order valence-electron chi connectivity index (χ3n) is 3.28. The average molecular weight is 295 g/mol. The molecule has 0 spiro atoms. The summed E-state index contributed by atoms with van der Waals surface area (Å²) in [5.74, 6) is -1.15. The number of carboxylic acid groups (broad SMARTS) is 1. The van der Waals surface area contributed by atoms with Gasteiger partial charge < -0.3 is 15.1 Å². The number of carboxylic acids is 1. The zero-order valence-electron chi connectivity index (χ0n) is 11.2. The summed E-state index contributed by atoms with van der Waals surface area (Å²) in [5, 5.41) is 18.9. The van der Waals surface area contributed by atoms with Gasteiger partial charge in [-0.3, -0.25) is 4.79 Å². The Morgan fingerprint density at radius 2 is 2.10 bits per heavy atom. The zero-order valence-corrected chi connectivity index (χ0v) is 12.0. The van der Waals surface area contributed by atoms with Crippen molar-refractivity contribution in [2.45, 2.75) is 31.2 Å². The van der Waals surface area contributed by atoms with Gasteiger partial charge in [-0.15, -0.1) is 11.8 Å². The molecular weight excluding hydrogens is 278 g/mol. The van der Waals surface area contributed by atoms with Crippen LogP contribution in [-0.2, 0) is 4.79 Å². The highest BCUT2D eigenvalue weighted by Gasteiger charge is 2.41. The van der Waals surface area contributed by atoms with Gasteiger partial charge in [-0.2, -0.15) is 0 Å². The van der Waals surface area contributed by atoms with Crippen molar-refractivity contribution in [2.75, 3.05) is 5.75 Å². The Bertz CT molecular complexity index is 520. The minimum absolute atomic E-state index is 0.117. The Balaban J connectivity index is 2.32. The number of aliphatic carboxylic acids is 1. The number of carbonyl (C=O) groups excluding carboxylic acids is 1. The summed E-state index contributed by atoms with van der Waals surface area (Å²) in [4.78, 5) is 25.3. The first-order chi connectivity index (χ1) is 9.56. The van der Waals surface area contributed by atoms with Crippen LogP contribution in [-0.4, -0.2) is 44.2 Å². The molecule has 1 amide bonds. The minimum atomic E-state index is -1.00. The lowest BCUT2D eigenvalue weighted by Gasteiger charge is -2.27. The number of para-hydroxylation sites is 1. The highest BCUT2D eigenvalue weighted by atomic mass is 32.2. The number of thioether (sulfide) groups is 1. The number of hydrogen-bond acceptors (Lipinski definition) is 4. The molecule has 0 aliphatic carbocycles. The van der Waals surface area contributed by atoms with E-state index in [1.54, 1.807) is 12.1 Å². The van der Waals surface area contributed by atoms with E-state index in [0.717, 1.165) is 12.8 Å². The summed E-state index contributed by atoms with van der Waals surface area (Å²) in [6.45, 7) is 2.00. The predicted molar refractivity (Wildman–Crippen MR) is 76.9 cm³/mol. The molecular formula is C14H17NO4S. The molecule has 1 aliphatic rings. The molecule has 6 heteroatoms. The molecule has 1 aromatic carbocycles. The number of aromatic hydroxyl groups is 1. The summed E-state index contributed by atoms with van der Waals surface area (Å²) in [6, 6.07) is 5.40. The van der Waals surface area contributed by atoms with E-state index in [1.807, 2.05) is 6.92 Å². The Morgan fingerprint density at radius 3 is 2.70 bits per heavy atom. The Labute approximate surface area is 121 Å². The molecule has 0 radical (unpaired) electrons. The summed E-state index contributed by atoms with van der Waals surface area (Å²) in [6.07, 6.45) is 1.61. The third-order valence-corrected chi connectivity index (χ3v) is 4.64. The normalized spacial score (nSPS) is 21.9. The van der Waals surface area contributed by atoms with Crippen molar-refractivity contribution < 1.29 is 19.8 Å². The molecule has 2 rings (SSSR count). The van der Waals surface area contributed by atoms with E-state index < -0.39 is 17.9 Å². The number of nitrogens with zero attached hydrogens (tertiary/aromatic N) is 1. The molecule has 2 atom stereocenters. The molecule has 1 heterocycles. The van der Waals surface area contributed by atoms with Crippen LogP contribution in [0.5, 0.6) is 5.75 Å². The number of rotatable bonds is 4. The molecule has 0 saturated carbocycles. The highest BCUT2D eigenvalue weighted by Crippen LogP contribution is 2.34. The zero-order chi connectivity index (χ0) is 14.7. The van der Waals surface area contributed by atoms with Crippen LogP contribution in [0.25, 0.3) is 0 Å². The molecule has 1 aliphatic heterocycles. The first-order valence-corrected chi connectivity index (χ1v) is 7.56. The molecule has 2 unspecified atom stereocenters. The number of carbonyl (C=O) groups is 2. The van der Waals surface area contributed by atoms with Crippen LogP contribution in [0.1, 0.15) is 30.1 Å². The van der Waals surface area contributed by atoms with Gasteiger partial charge in [0.2, 0.25) is 0 Å². The SMILES string of the molecule is CCCC1SCC(C(=O)O)N1C(=O)c1ccccc1O. The lowest BCUT2D eigenvalue weighted by molar-refractivity contribution is -0.141. The molecule has 1 fully saturated rings. The van der Waals surface area contributed by atoms with Crippen molar-refractivity contribution in [1.82, 2.24) is 4.90 Å². The van der Waals surface area contributed by atoms with E-state index in [0.29, 0.717) is 5.75 Å². The predicted octanol–water partition coefficient (Wildman–Crippen LogP) is 2.16. The van der Waals surface area contributed by atoms with E-state index in [9.17, 15) is 19.8 Å². The van der Waals surface area contributed by atoms with E-state index in [2.05, 4.69) is 0 Å². The van der Waals surface area contributed by atoms with E-state index in [4.69, 9.17) is 0 Å². The fraction of sp³-hybridized carbons (Fsp3) is 0.429. The smallest absolute Gasteiger partial charge is 0.327 e. The van der Waals surface area contributed by atoms with Crippen molar-refractivity contribution in [2.24, 2.45) is 0 Å². The van der Waals surface area contributed by atoms with Gasteiger partial charge in [-0.1, -0.05) is 25.5 Å². The summed E-state index contributed by atoms with van der Waals surface area (Å²) in [5.41, 5.74) is 0.155. The van der Waals surface area contributed by atoms with Crippen molar-refractivity contribution in [3.8, 4) is 5.75 Å². The molecule has 20 heavy (non-hydrogen) atoms. The highest BCUT2D eigenvalue weighted by molar-refractivity contribution is 8.00. The van der Waals surface area contributed by atoms with Gasteiger partial charge in [0.1, 0.15) is 11.8 Å². The van der Waals surface area contributed by atoms with Gasteiger partial charge in [0, 0.05) is 5.75 Å². The largest absolute Gasteiger partial charge is 0.507 e. The van der Waals surface area contributed by atoms with E-state index in [1.165, 1.54) is 28.8 Å². The first kappa shape index (κ1) is 14.7. The van der Waals surface area contributed by atoms with Crippen LogP contribution >= 0.6 is 11.8 Å². The van der Waals surface area contributed by atoms with Crippen LogP contribution in [0.4, 0.5) is 0 Å². The topological polar surface area (TPSA) is 77.8 Å². The molecule has 0 aromatic heterocycles. The number of benzene rings is 1. The van der Waals surface area contributed by atoms with Gasteiger partial charge in [0.15, 0.2) is 0 Å². The first-order valence-electron chi connectivity index (χ1n) is 6.51. The fourth-order valence-corrected chi connectivity index (χ4v) is 3.80. The second kappa shape index (κ2) is 6.17. The maximum absolute atomic E-state index is 12.6. The standard InChI is InChI=1S/C14H17NO4S/c1-2-5-12-15(10(8-20-12)14(18)19)13(17)9-6-3-4-7-11(9)16/h3-4,6-7,10,12,16H,2,5,8H2,1H3,(H,18,19). The molecule has 5 nitrogen and oxygen atoms in total. The van der Waals surface area contributed by atoms with Crippen molar-refractivity contribution in [3.05, 3.63) is 29.8 Å². The number of hydrogen-bond donors (Lipinski definition) is 2. The van der Waals surface area contributed by atoms with Crippen LogP contribution < -0.4 is 0 Å². The Hall–Kier alpha value is -1.69. The van der Waals surface area contributed by atoms with Gasteiger partial charge in [0.25, 0.3) is 5.91 Å². The summed E-state index contributed by atoms with van der Waals surface area (Å²) < 4.78 is 0. The maximum Gasteiger partial charge on any atom is 0.327 e. The minimum Gasteiger partial charge on any atom is -0.507 e. The van der Waals surface area contributed by atoms with Gasteiger partial charge in [-0.25, -0.2) is 4.79 Å². The lowest BCUT2D eigenvalue weighted by Crippen LogP contribution is -2.45. The van der Waals surface area contributed by atoms with Crippen LogP contribution in [0.3, 0.4) is 0 Å². The summed E-state index contributed by atoms with van der Waals surface area (Å²) >= 11 is 1.48. The van der Waals surface area contributed by atoms with Gasteiger partial charge in [0.05, 0.1) is 10.9 Å². The lowest BCUT2D eigenvalue weighted by atomic mass is 10.1. The molecule has 0 bridgehead atoms. The second-order valence-corrected chi connectivity index (χ2v) is 5.87. The quantitative estimate of drug-likeness (QED) is 0.890. The van der Waals surface area contributed by atoms with Crippen LogP contribution in [0.2, 0.25) is 0 Å². The van der Waals surface area contributed by atoms with Crippen LogP contribution in [0, 0.1) is 0 Å². The number of amides is 1. The van der Waals surface area contributed by atoms with Gasteiger partial charge in [-0.05, 0) is 18.6 Å². The average Bonchev–Trinajstić information content (AvgIpc) is 2.83. The van der Waals surface area contributed by atoms with Crippen LogP contribution in [0.15, 0.2) is 24.3 Å². The number of phenols is 1. The van der Waals surface area contributed by atoms with Gasteiger partial charge >= 0.3 is 5.97 Å². The second-order valence-electron chi connectivity index (χ2n) is 4.66. The Morgan fingerprint density at radius 1 is 1.40 bits per heavy atom. The number of phenolic OH excluding ortho intramolecular Hbond substituents is 1. The fourth-order valence-electron chi connectivity index (χ4n) is 2.29. The van der Waals surface area contributed by atoms with E-state index >= 15 is 0 Å². The summed E-state index contributed by atoms with van der Waals surface area (Å²) in [7, 11) is 0. The van der Waals surface area contributed by atoms with E-state index in [-0.39, 0.29) is 16.7 Å². The van der Waals surface area contributed by atoms with Crippen molar-refractivity contribution >= 4 is 23.6 Å². The third kappa shape index (κ3) is 2.75. The monoisotopic (exact) mass is 295 g/mol. The van der Waals surface area contributed by atoms with Crippen molar-refractivity contribution in [1.29, 1.82) is 0 Å². The maximum atomic E-state index is 12.6. The molecule has 1 aromatic rings.